The van der Waals surface area contributed by atoms with Gasteiger partial charge in [0.15, 0.2) is 0 Å². The predicted molar refractivity (Wildman–Crippen MR) is 85.0 cm³/mol. The third kappa shape index (κ3) is 3.42. The summed E-state index contributed by atoms with van der Waals surface area (Å²) >= 11 is 0. The Kier molecular flexibility index (Phi) is 4.62. The van der Waals surface area contributed by atoms with Crippen LogP contribution in [0.2, 0.25) is 0 Å². The first-order chi connectivity index (χ1) is 10.0. The van der Waals surface area contributed by atoms with Gasteiger partial charge >= 0.3 is 5.97 Å². The van der Waals surface area contributed by atoms with E-state index in [-0.39, 0.29) is 5.97 Å². The third-order valence-corrected chi connectivity index (χ3v) is 3.33. The predicted octanol–water partition coefficient (Wildman–Crippen LogP) is 2.82. The molecule has 5 heteroatoms. The van der Waals surface area contributed by atoms with E-state index < -0.39 is 6.04 Å². The van der Waals surface area contributed by atoms with Crippen molar-refractivity contribution in [2.75, 3.05) is 18.2 Å². The van der Waals surface area contributed by atoms with Crippen molar-refractivity contribution in [1.29, 1.82) is 0 Å². The highest BCUT2D eigenvalue weighted by molar-refractivity contribution is 5.99. The zero-order valence-electron chi connectivity index (χ0n) is 12.6. The van der Waals surface area contributed by atoms with E-state index in [9.17, 15) is 4.79 Å². The van der Waals surface area contributed by atoms with Crippen molar-refractivity contribution in [2.24, 2.45) is 5.92 Å². The molecule has 1 unspecified atom stereocenters. The van der Waals surface area contributed by atoms with E-state index >= 15 is 0 Å². The maximum absolute atomic E-state index is 11.9. The van der Waals surface area contributed by atoms with Crippen molar-refractivity contribution in [2.45, 2.75) is 26.3 Å². The minimum Gasteiger partial charge on any atom is -0.467 e. The molecule has 0 saturated carbocycles. The maximum atomic E-state index is 11.9. The summed E-state index contributed by atoms with van der Waals surface area (Å²) in [4.78, 5) is 16.3. The van der Waals surface area contributed by atoms with E-state index in [2.05, 4.69) is 24.1 Å². The summed E-state index contributed by atoms with van der Waals surface area (Å²) in [7, 11) is 1.40. The number of benzene rings is 1. The largest absolute Gasteiger partial charge is 0.467 e. The number of nitrogens with zero attached hydrogens (tertiary/aromatic N) is 1. The summed E-state index contributed by atoms with van der Waals surface area (Å²) in [5.41, 5.74) is 8.18. The molecular formula is C16H21N3O2. The van der Waals surface area contributed by atoms with Crippen molar-refractivity contribution in [1.82, 2.24) is 4.98 Å². The van der Waals surface area contributed by atoms with Crippen LogP contribution in [-0.4, -0.2) is 24.1 Å². The molecule has 0 aliphatic heterocycles. The number of anilines is 2. The van der Waals surface area contributed by atoms with Crippen LogP contribution >= 0.6 is 0 Å². The molecule has 0 saturated heterocycles. The Morgan fingerprint density at radius 2 is 2.14 bits per heavy atom. The van der Waals surface area contributed by atoms with E-state index in [0.717, 1.165) is 16.6 Å². The number of methoxy groups -OCH3 is 1. The van der Waals surface area contributed by atoms with Crippen LogP contribution in [0, 0.1) is 5.92 Å². The number of pyridine rings is 1. The number of rotatable bonds is 5. The monoisotopic (exact) mass is 287 g/mol. The molecule has 0 spiro atoms. The molecule has 2 aromatic rings. The van der Waals surface area contributed by atoms with Crippen LogP contribution in [0.5, 0.6) is 0 Å². The number of nitrogen functional groups attached to an aromatic ring is 1. The van der Waals surface area contributed by atoms with Crippen molar-refractivity contribution in [3.63, 3.8) is 0 Å². The van der Waals surface area contributed by atoms with Gasteiger partial charge in [-0.05, 0) is 36.6 Å². The topological polar surface area (TPSA) is 77.2 Å². The lowest BCUT2D eigenvalue weighted by Crippen LogP contribution is -2.32. The average molecular weight is 287 g/mol. The number of hydrogen-bond acceptors (Lipinski definition) is 5. The molecule has 5 nitrogen and oxygen atoms in total. The summed E-state index contributed by atoms with van der Waals surface area (Å²) in [6, 6.07) is 7.02. The third-order valence-electron chi connectivity index (χ3n) is 3.33. The van der Waals surface area contributed by atoms with Gasteiger partial charge in [0.1, 0.15) is 6.04 Å². The highest BCUT2D eigenvalue weighted by atomic mass is 16.5. The van der Waals surface area contributed by atoms with Crippen LogP contribution in [0.15, 0.2) is 30.5 Å². The number of esters is 1. The smallest absolute Gasteiger partial charge is 0.328 e. The second-order valence-electron chi connectivity index (χ2n) is 5.45. The van der Waals surface area contributed by atoms with Gasteiger partial charge in [0, 0.05) is 17.3 Å². The van der Waals surface area contributed by atoms with E-state index in [1.807, 2.05) is 24.3 Å². The molecule has 0 bridgehead atoms. The standard InChI is InChI=1S/C16H21N3O2/c1-10(2)9-14(16(20)21-3)19-13-7-6-12(17)11-5-4-8-18-15(11)13/h4-8,10,14,19H,9,17H2,1-3H3. The van der Waals surface area contributed by atoms with Gasteiger partial charge in [0.05, 0.1) is 18.3 Å². The molecular weight excluding hydrogens is 266 g/mol. The molecule has 3 N–H and O–H groups in total. The normalized spacial score (nSPS) is 12.4. The highest BCUT2D eigenvalue weighted by Crippen LogP contribution is 2.27. The van der Waals surface area contributed by atoms with Crippen LogP contribution in [0.25, 0.3) is 10.9 Å². The lowest BCUT2D eigenvalue weighted by Gasteiger charge is -2.20. The van der Waals surface area contributed by atoms with Crippen molar-refractivity contribution in [3.8, 4) is 0 Å². The second kappa shape index (κ2) is 6.43. The molecule has 0 amide bonds. The molecule has 0 fully saturated rings. The maximum Gasteiger partial charge on any atom is 0.328 e. The Bertz CT molecular complexity index is 640. The molecule has 1 heterocycles. The number of nitrogens with two attached hydrogens (primary N) is 1. The summed E-state index contributed by atoms with van der Waals surface area (Å²) < 4.78 is 4.87. The first-order valence-electron chi connectivity index (χ1n) is 7.00. The van der Waals surface area contributed by atoms with E-state index in [1.54, 1.807) is 6.20 Å². The Balaban J connectivity index is 2.37. The van der Waals surface area contributed by atoms with Gasteiger partial charge in [-0.15, -0.1) is 0 Å². The van der Waals surface area contributed by atoms with Crippen LogP contribution in [0.4, 0.5) is 11.4 Å². The van der Waals surface area contributed by atoms with E-state index in [1.165, 1.54) is 7.11 Å². The molecule has 2 rings (SSSR count). The first kappa shape index (κ1) is 15.1. The van der Waals surface area contributed by atoms with Gasteiger partial charge in [0.2, 0.25) is 0 Å². The summed E-state index contributed by atoms with van der Waals surface area (Å²) in [5.74, 6) is 0.0965. The number of ether oxygens (including phenoxy) is 1. The molecule has 1 atom stereocenters. The summed E-state index contributed by atoms with van der Waals surface area (Å²) in [5, 5.41) is 4.11. The number of fused-ring (bicyclic) bond motifs is 1. The molecule has 1 aromatic carbocycles. The zero-order valence-corrected chi connectivity index (χ0v) is 12.6. The zero-order chi connectivity index (χ0) is 15.4. The van der Waals surface area contributed by atoms with Crippen molar-refractivity contribution < 1.29 is 9.53 Å². The van der Waals surface area contributed by atoms with Crippen LogP contribution in [0.1, 0.15) is 20.3 Å². The van der Waals surface area contributed by atoms with Gasteiger partial charge in [-0.1, -0.05) is 13.8 Å². The van der Waals surface area contributed by atoms with Gasteiger partial charge in [-0.2, -0.15) is 0 Å². The van der Waals surface area contributed by atoms with Crippen LogP contribution in [-0.2, 0) is 9.53 Å². The average Bonchev–Trinajstić information content (AvgIpc) is 2.48. The molecule has 112 valence electrons. The fourth-order valence-corrected chi connectivity index (χ4v) is 2.33. The molecule has 1 aromatic heterocycles. The van der Waals surface area contributed by atoms with Crippen LogP contribution < -0.4 is 11.1 Å². The Morgan fingerprint density at radius 1 is 1.38 bits per heavy atom. The number of carbonyl (C=O) groups is 1. The minimum atomic E-state index is -0.399. The minimum absolute atomic E-state index is 0.274. The number of hydrogen-bond donors (Lipinski definition) is 2. The van der Waals surface area contributed by atoms with Crippen molar-refractivity contribution >= 4 is 28.2 Å². The molecule has 0 radical (unpaired) electrons. The second-order valence-corrected chi connectivity index (χ2v) is 5.45. The van der Waals surface area contributed by atoms with E-state index in [4.69, 9.17) is 10.5 Å². The SMILES string of the molecule is COC(=O)C(CC(C)C)Nc1ccc(N)c2cccnc12. The number of carbonyl (C=O) groups excluding carboxylic acids is 1. The Labute approximate surface area is 124 Å². The van der Waals surface area contributed by atoms with Gasteiger partial charge in [-0.25, -0.2) is 4.79 Å². The fraction of sp³-hybridized carbons (Fsp3) is 0.375. The summed E-state index contributed by atoms with van der Waals surface area (Å²) in [6.07, 6.45) is 2.40. The number of nitrogens with one attached hydrogen (secondary N) is 1. The van der Waals surface area contributed by atoms with Gasteiger partial charge < -0.3 is 15.8 Å². The van der Waals surface area contributed by atoms with Crippen LogP contribution in [0.3, 0.4) is 0 Å². The molecule has 0 aliphatic carbocycles. The molecule has 21 heavy (non-hydrogen) atoms. The number of aromatic nitrogens is 1. The first-order valence-corrected chi connectivity index (χ1v) is 7.00. The lowest BCUT2D eigenvalue weighted by atomic mass is 10.0. The Morgan fingerprint density at radius 3 is 2.81 bits per heavy atom. The summed E-state index contributed by atoms with van der Waals surface area (Å²) in [6.45, 7) is 4.13. The van der Waals surface area contributed by atoms with Crippen molar-refractivity contribution in [3.05, 3.63) is 30.5 Å². The lowest BCUT2D eigenvalue weighted by molar-refractivity contribution is -0.141. The van der Waals surface area contributed by atoms with E-state index in [0.29, 0.717) is 18.0 Å². The Hall–Kier alpha value is -2.30. The highest BCUT2D eigenvalue weighted by Gasteiger charge is 2.21. The fourth-order valence-electron chi connectivity index (χ4n) is 2.33. The molecule has 0 aliphatic rings. The van der Waals surface area contributed by atoms with Gasteiger partial charge in [-0.3, -0.25) is 4.98 Å². The quantitative estimate of drug-likeness (QED) is 0.653. The van der Waals surface area contributed by atoms with Gasteiger partial charge in [0.25, 0.3) is 0 Å².